The van der Waals surface area contributed by atoms with Crippen molar-refractivity contribution in [2.45, 2.75) is 24.8 Å². The highest BCUT2D eigenvalue weighted by Crippen LogP contribution is 2.28. The highest BCUT2D eigenvalue weighted by atomic mass is 35.5. The van der Waals surface area contributed by atoms with Crippen molar-refractivity contribution in [1.82, 2.24) is 14.9 Å². The normalized spacial score (nSPS) is 11.1. The van der Waals surface area contributed by atoms with Crippen LogP contribution in [0.2, 0.25) is 5.02 Å². The third kappa shape index (κ3) is 3.02. The summed E-state index contributed by atoms with van der Waals surface area (Å²) in [5.41, 5.74) is 1.33. The zero-order valence-corrected chi connectivity index (χ0v) is 14.4. The van der Waals surface area contributed by atoms with Crippen molar-refractivity contribution in [3.05, 3.63) is 60.8 Å². The van der Waals surface area contributed by atoms with Crippen LogP contribution in [-0.4, -0.2) is 14.9 Å². The number of fused-ring (bicyclic) bond motifs is 1. The van der Waals surface area contributed by atoms with Gasteiger partial charge in [0.2, 0.25) is 5.16 Å². The van der Waals surface area contributed by atoms with Crippen molar-refractivity contribution in [1.29, 1.82) is 0 Å². The van der Waals surface area contributed by atoms with Gasteiger partial charge in [0.15, 0.2) is 0 Å². The molecule has 0 amide bonds. The summed E-state index contributed by atoms with van der Waals surface area (Å²) in [4.78, 5) is 23.5. The number of benzene rings is 1. The van der Waals surface area contributed by atoms with Gasteiger partial charge in [-0.3, -0.25) is 4.79 Å². The Bertz CT molecular complexity index is 1060. The molecule has 0 saturated heterocycles. The van der Waals surface area contributed by atoms with E-state index in [2.05, 4.69) is 10.2 Å². The van der Waals surface area contributed by atoms with Gasteiger partial charge in [0.25, 0.3) is 5.56 Å². The molecule has 3 rings (SSSR count). The van der Waals surface area contributed by atoms with Gasteiger partial charge in [0, 0.05) is 22.2 Å². The zero-order valence-electron chi connectivity index (χ0n) is 12.9. The predicted molar refractivity (Wildman–Crippen MR) is 93.0 cm³/mol. The first kappa shape index (κ1) is 16.5. The second kappa shape index (κ2) is 6.29. The number of hydrogen-bond donors (Lipinski definition) is 1. The summed E-state index contributed by atoms with van der Waals surface area (Å²) in [6.07, 6.45) is 0. The van der Waals surface area contributed by atoms with Gasteiger partial charge in [0.1, 0.15) is 11.3 Å². The molecule has 0 aliphatic heterocycles. The van der Waals surface area contributed by atoms with E-state index < -0.39 is 11.2 Å². The molecule has 0 saturated carbocycles. The Balaban J connectivity index is 2.02. The Morgan fingerprint density at radius 2 is 2.00 bits per heavy atom. The molecule has 0 bridgehead atoms. The summed E-state index contributed by atoms with van der Waals surface area (Å²) in [5.74, 6) is 6.07. The first-order valence-corrected chi connectivity index (χ1v) is 8.30. The summed E-state index contributed by atoms with van der Waals surface area (Å²) < 4.78 is 6.16. The second-order valence-electron chi connectivity index (χ2n) is 5.22. The van der Waals surface area contributed by atoms with E-state index in [0.29, 0.717) is 21.9 Å². The Kier molecular flexibility index (Phi) is 4.33. The van der Waals surface area contributed by atoms with Crippen LogP contribution in [0.1, 0.15) is 16.8 Å². The number of nitrogens with zero attached hydrogens (tertiary/aromatic N) is 3. The number of aryl methyl sites for hydroxylation is 2. The summed E-state index contributed by atoms with van der Waals surface area (Å²) >= 11 is 7.36. The molecular weight excluding hydrogens is 352 g/mol. The third-order valence-electron chi connectivity index (χ3n) is 3.49. The quantitative estimate of drug-likeness (QED) is 0.430. The van der Waals surface area contributed by atoms with Crippen LogP contribution >= 0.6 is 23.4 Å². The molecule has 24 heavy (non-hydrogen) atoms. The van der Waals surface area contributed by atoms with E-state index in [0.717, 1.165) is 15.6 Å². The number of hydrogen-bond acceptors (Lipinski definition) is 7. The lowest BCUT2D eigenvalue weighted by molar-refractivity contribution is 0.559. The smallest absolute Gasteiger partial charge is 0.336 e. The van der Waals surface area contributed by atoms with Gasteiger partial charge in [-0.1, -0.05) is 23.4 Å². The fourth-order valence-electron chi connectivity index (χ4n) is 2.18. The van der Waals surface area contributed by atoms with Crippen LogP contribution < -0.4 is 17.0 Å². The van der Waals surface area contributed by atoms with E-state index in [1.54, 1.807) is 12.1 Å². The lowest BCUT2D eigenvalue weighted by Gasteiger charge is -2.08. The molecule has 2 heterocycles. The van der Waals surface area contributed by atoms with Crippen LogP contribution in [0, 0.1) is 13.8 Å². The number of nitrogen functional groups attached to an aromatic ring is 1. The maximum atomic E-state index is 11.8. The van der Waals surface area contributed by atoms with Crippen LogP contribution in [-0.2, 0) is 5.75 Å². The van der Waals surface area contributed by atoms with Gasteiger partial charge in [-0.15, -0.1) is 10.2 Å². The van der Waals surface area contributed by atoms with Gasteiger partial charge in [-0.05, 0) is 37.1 Å². The Morgan fingerprint density at radius 3 is 2.75 bits per heavy atom. The average molecular weight is 365 g/mol. The maximum absolute atomic E-state index is 11.8. The predicted octanol–water partition coefficient (Wildman–Crippen LogP) is 2.02. The third-order valence-corrected chi connectivity index (χ3v) is 4.89. The SMILES string of the molecule is Cc1cc2oc(=O)cc(CSc3nnc(C)c(=O)n3N)c2cc1Cl. The molecule has 2 aromatic heterocycles. The first-order valence-electron chi connectivity index (χ1n) is 6.94. The molecule has 0 fully saturated rings. The standard InChI is InChI=1S/C15H13ClN4O3S/c1-7-3-12-10(5-11(7)16)9(4-13(21)23-12)6-24-15-19-18-8(2)14(22)20(15)17/h3-5H,6,17H2,1-2H3. The molecule has 7 nitrogen and oxygen atoms in total. The second-order valence-corrected chi connectivity index (χ2v) is 6.57. The van der Waals surface area contributed by atoms with Crippen molar-refractivity contribution in [3.63, 3.8) is 0 Å². The van der Waals surface area contributed by atoms with Gasteiger partial charge in [0.05, 0.1) is 0 Å². The van der Waals surface area contributed by atoms with E-state index in [-0.39, 0.29) is 10.9 Å². The fourth-order valence-corrected chi connectivity index (χ4v) is 3.19. The van der Waals surface area contributed by atoms with Crippen molar-refractivity contribution in [3.8, 4) is 0 Å². The largest absolute Gasteiger partial charge is 0.423 e. The van der Waals surface area contributed by atoms with Crippen LogP contribution in [0.5, 0.6) is 0 Å². The lowest BCUT2D eigenvalue weighted by atomic mass is 10.1. The summed E-state index contributed by atoms with van der Waals surface area (Å²) in [7, 11) is 0. The molecule has 2 N–H and O–H groups in total. The molecule has 0 radical (unpaired) electrons. The highest BCUT2D eigenvalue weighted by molar-refractivity contribution is 7.98. The van der Waals surface area contributed by atoms with Crippen molar-refractivity contribution >= 4 is 34.3 Å². The minimum absolute atomic E-state index is 0.218. The minimum Gasteiger partial charge on any atom is -0.423 e. The lowest BCUT2D eigenvalue weighted by Crippen LogP contribution is -2.32. The molecule has 3 aromatic rings. The Morgan fingerprint density at radius 1 is 1.25 bits per heavy atom. The number of nitrogens with two attached hydrogens (primary N) is 1. The van der Waals surface area contributed by atoms with E-state index in [1.807, 2.05) is 6.92 Å². The van der Waals surface area contributed by atoms with Crippen molar-refractivity contribution in [2.75, 3.05) is 5.84 Å². The van der Waals surface area contributed by atoms with Crippen molar-refractivity contribution < 1.29 is 4.42 Å². The molecular formula is C15H13ClN4O3S. The van der Waals surface area contributed by atoms with Gasteiger partial charge >= 0.3 is 5.63 Å². The molecule has 0 aliphatic rings. The first-order chi connectivity index (χ1) is 11.4. The number of thioether (sulfide) groups is 1. The Hall–Kier alpha value is -2.32. The summed E-state index contributed by atoms with van der Waals surface area (Å²) in [6.45, 7) is 3.37. The molecule has 0 atom stereocenters. The summed E-state index contributed by atoms with van der Waals surface area (Å²) in [6, 6.07) is 4.86. The highest BCUT2D eigenvalue weighted by Gasteiger charge is 2.12. The van der Waals surface area contributed by atoms with E-state index >= 15 is 0 Å². The fraction of sp³-hybridized carbons (Fsp3) is 0.200. The molecule has 9 heteroatoms. The van der Waals surface area contributed by atoms with Gasteiger partial charge in [-0.25, -0.2) is 4.79 Å². The molecule has 0 unspecified atom stereocenters. The number of aromatic nitrogens is 3. The van der Waals surface area contributed by atoms with Gasteiger partial charge in [-0.2, -0.15) is 4.68 Å². The number of rotatable bonds is 3. The Labute approximate surface area is 145 Å². The molecule has 1 aromatic carbocycles. The monoisotopic (exact) mass is 364 g/mol. The van der Waals surface area contributed by atoms with E-state index in [4.69, 9.17) is 21.9 Å². The molecule has 0 spiro atoms. The van der Waals surface area contributed by atoms with Crippen LogP contribution in [0.3, 0.4) is 0 Å². The van der Waals surface area contributed by atoms with Crippen molar-refractivity contribution in [2.24, 2.45) is 0 Å². The van der Waals surface area contributed by atoms with Crippen LogP contribution in [0.25, 0.3) is 11.0 Å². The van der Waals surface area contributed by atoms with E-state index in [1.165, 1.54) is 24.8 Å². The molecule has 0 aliphatic carbocycles. The summed E-state index contributed by atoms with van der Waals surface area (Å²) in [5, 5.41) is 9.24. The van der Waals surface area contributed by atoms with Crippen LogP contribution in [0.15, 0.2) is 37.4 Å². The topological polar surface area (TPSA) is 104 Å². The number of halogens is 1. The minimum atomic E-state index is -0.458. The zero-order chi connectivity index (χ0) is 17.4. The van der Waals surface area contributed by atoms with E-state index in [9.17, 15) is 9.59 Å². The molecule has 124 valence electrons. The van der Waals surface area contributed by atoms with Gasteiger partial charge < -0.3 is 10.3 Å². The maximum Gasteiger partial charge on any atom is 0.336 e. The average Bonchev–Trinajstić information content (AvgIpc) is 2.53. The van der Waals surface area contributed by atoms with Crippen LogP contribution in [0.4, 0.5) is 0 Å².